The third kappa shape index (κ3) is 4.97. The van der Waals surface area contributed by atoms with Gasteiger partial charge in [-0.3, -0.25) is 4.79 Å². The zero-order valence-electron chi connectivity index (χ0n) is 13.2. The van der Waals surface area contributed by atoms with Gasteiger partial charge in [-0.2, -0.15) is 0 Å². The molecular weight excluding hydrogens is 350 g/mol. The monoisotopic (exact) mass is 367 g/mol. The molecule has 24 heavy (non-hydrogen) atoms. The number of ether oxygens (including phenoxy) is 1. The molecule has 0 radical (unpaired) electrons. The number of nitrogens with one attached hydrogen (secondary N) is 1. The van der Waals surface area contributed by atoms with Crippen LogP contribution in [0.2, 0.25) is 5.02 Å². The maximum Gasteiger partial charge on any atom is 0.221 e. The van der Waals surface area contributed by atoms with E-state index in [4.69, 9.17) is 16.3 Å². The molecule has 0 spiro atoms. The lowest BCUT2D eigenvalue weighted by Gasteiger charge is -2.08. The van der Waals surface area contributed by atoms with E-state index in [0.29, 0.717) is 6.54 Å². The summed E-state index contributed by atoms with van der Waals surface area (Å²) in [7, 11) is -2.01. The van der Waals surface area contributed by atoms with Gasteiger partial charge in [0.25, 0.3) is 0 Å². The van der Waals surface area contributed by atoms with Gasteiger partial charge >= 0.3 is 0 Å². The van der Waals surface area contributed by atoms with Crippen molar-refractivity contribution in [2.24, 2.45) is 0 Å². The normalized spacial score (nSPS) is 11.1. The first kappa shape index (κ1) is 18.3. The van der Waals surface area contributed by atoms with E-state index in [0.717, 1.165) is 11.3 Å². The first-order chi connectivity index (χ1) is 11.4. The number of sulfone groups is 1. The Hall–Kier alpha value is -2.05. The van der Waals surface area contributed by atoms with Crippen molar-refractivity contribution < 1.29 is 17.9 Å². The lowest BCUT2D eigenvalue weighted by atomic mass is 10.2. The molecule has 2 aromatic rings. The van der Waals surface area contributed by atoms with Crippen LogP contribution in [0.5, 0.6) is 5.75 Å². The van der Waals surface area contributed by atoms with Crippen molar-refractivity contribution in [1.82, 2.24) is 5.32 Å². The highest BCUT2D eigenvalue weighted by Crippen LogP contribution is 2.22. The first-order valence-corrected chi connectivity index (χ1v) is 9.32. The van der Waals surface area contributed by atoms with Crippen molar-refractivity contribution in [3.63, 3.8) is 0 Å². The lowest BCUT2D eigenvalue weighted by molar-refractivity contribution is -0.120. The van der Waals surface area contributed by atoms with Crippen LogP contribution >= 0.6 is 11.6 Å². The van der Waals surface area contributed by atoms with E-state index in [-0.39, 0.29) is 28.0 Å². The number of carbonyl (C=O) groups is 1. The van der Waals surface area contributed by atoms with Crippen molar-refractivity contribution in [2.75, 3.05) is 12.9 Å². The van der Waals surface area contributed by atoms with Crippen LogP contribution in [0.4, 0.5) is 0 Å². The molecular formula is C17H18ClNO4S. The Bertz CT molecular complexity index is 804. The molecule has 1 N–H and O–H groups in total. The molecule has 0 aliphatic carbocycles. The molecule has 0 heterocycles. The van der Waals surface area contributed by atoms with E-state index in [9.17, 15) is 13.2 Å². The summed E-state index contributed by atoms with van der Waals surface area (Å²) >= 11 is 5.90. The van der Waals surface area contributed by atoms with Crippen LogP contribution in [-0.2, 0) is 21.2 Å². The molecule has 0 saturated heterocycles. The predicted molar refractivity (Wildman–Crippen MR) is 93.0 cm³/mol. The topological polar surface area (TPSA) is 72.5 Å². The van der Waals surface area contributed by atoms with Gasteiger partial charge in [0.15, 0.2) is 9.84 Å². The number of hydrogen-bond acceptors (Lipinski definition) is 4. The molecule has 2 rings (SSSR count). The summed E-state index contributed by atoms with van der Waals surface area (Å²) in [5, 5.41) is 2.86. The van der Waals surface area contributed by atoms with E-state index in [1.54, 1.807) is 31.4 Å². The maximum absolute atomic E-state index is 12.2. The predicted octanol–water partition coefficient (Wildman–Crippen LogP) is 2.83. The van der Waals surface area contributed by atoms with Gasteiger partial charge in [-0.05, 0) is 29.8 Å². The summed E-state index contributed by atoms with van der Waals surface area (Å²) in [4.78, 5) is 11.9. The number of hydrogen-bond donors (Lipinski definition) is 1. The van der Waals surface area contributed by atoms with Crippen LogP contribution in [-0.4, -0.2) is 27.2 Å². The third-order valence-electron chi connectivity index (χ3n) is 3.42. The van der Waals surface area contributed by atoms with Crippen molar-refractivity contribution in [3.8, 4) is 5.75 Å². The van der Waals surface area contributed by atoms with E-state index in [2.05, 4.69) is 5.32 Å². The average Bonchev–Trinajstić information content (AvgIpc) is 2.59. The highest BCUT2D eigenvalue weighted by Gasteiger charge is 2.19. The first-order valence-electron chi connectivity index (χ1n) is 7.29. The zero-order valence-corrected chi connectivity index (χ0v) is 14.7. The Morgan fingerprint density at radius 2 is 1.79 bits per heavy atom. The van der Waals surface area contributed by atoms with Crippen molar-refractivity contribution >= 4 is 27.3 Å². The average molecular weight is 368 g/mol. The highest BCUT2D eigenvalue weighted by atomic mass is 35.5. The summed E-state index contributed by atoms with van der Waals surface area (Å²) in [5.41, 5.74) is 0.901. The number of carbonyl (C=O) groups excluding carboxylic acids is 1. The van der Waals surface area contributed by atoms with Gasteiger partial charge in [-0.15, -0.1) is 0 Å². The minimum Gasteiger partial charge on any atom is -0.497 e. The molecule has 7 heteroatoms. The molecule has 0 aromatic heterocycles. The number of amides is 1. The second-order valence-electron chi connectivity index (χ2n) is 5.12. The number of halogens is 1. The second-order valence-corrected chi connectivity index (χ2v) is 7.61. The smallest absolute Gasteiger partial charge is 0.221 e. The van der Waals surface area contributed by atoms with Gasteiger partial charge in [-0.25, -0.2) is 8.42 Å². The largest absolute Gasteiger partial charge is 0.497 e. The molecule has 0 saturated carbocycles. The van der Waals surface area contributed by atoms with Gasteiger partial charge < -0.3 is 10.1 Å². The number of benzene rings is 2. The molecule has 5 nitrogen and oxygen atoms in total. The fraction of sp³-hybridized carbons (Fsp3) is 0.235. The zero-order chi connectivity index (χ0) is 17.6. The summed E-state index contributed by atoms with van der Waals surface area (Å²) in [5.74, 6) is 0.114. The van der Waals surface area contributed by atoms with Gasteiger partial charge in [0.1, 0.15) is 5.75 Å². The summed E-state index contributed by atoms with van der Waals surface area (Å²) < 4.78 is 29.5. The van der Waals surface area contributed by atoms with Gasteiger partial charge in [0.05, 0.1) is 22.8 Å². The van der Waals surface area contributed by atoms with Crippen LogP contribution in [0.3, 0.4) is 0 Å². The molecule has 2 aromatic carbocycles. The molecule has 0 atom stereocenters. The van der Waals surface area contributed by atoms with Crippen molar-refractivity contribution in [2.45, 2.75) is 17.9 Å². The van der Waals surface area contributed by atoms with Gasteiger partial charge in [0.2, 0.25) is 5.91 Å². The second kappa shape index (κ2) is 8.17. The van der Waals surface area contributed by atoms with Crippen molar-refractivity contribution in [3.05, 3.63) is 59.1 Å². The third-order valence-corrected chi connectivity index (χ3v) is 5.63. The molecule has 1 amide bonds. The Morgan fingerprint density at radius 3 is 2.42 bits per heavy atom. The van der Waals surface area contributed by atoms with Crippen molar-refractivity contribution in [1.29, 1.82) is 0 Å². The molecule has 0 unspecified atom stereocenters. The van der Waals surface area contributed by atoms with E-state index >= 15 is 0 Å². The Morgan fingerprint density at radius 1 is 1.12 bits per heavy atom. The minimum atomic E-state index is -3.59. The molecule has 128 valence electrons. The fourth-order valence-electron chi connectivity index (χ4n) is 2.07. The van der Waals surface area contributed by atoms with Crippen LogP contribution in [0.15, 0.2) is 53.4 Å². The van der Waals surface area contributed by atoms with E-state index in [1.165, 1.54) is 12.1 Å². The number of rotatable bonds is 7. The molecule has 0 aliphatic heterocycles. The molecule has 0 fully saturated rings. The summed E-state index contributed by atoms with van der Waals surface area (Å²) in [6.45, 7) is 0.328. The van der Waals surface area contributed by atoms with Crippen LogP contribution in [0, 0.1) is 0 Å². The Labute approximate surface area is 146 Å². The fourth-order valence-corrected chi connectivity index (χ4v) is 3.88. The molecule has 0 aliphatic rings. The number of methoxy groups -OCH3 is 1. The summed E-state index contributed by atoms with van der Waals surface area (Å²) in [6.07, 6.45) is -0.121. The van der Waals surface area contributed by atoms with Crippen LogP contribution < -0.4 is 10.1 Å². The standard InChI is InChI=1S/C17H18ClNO4S/c1-23-14-8-6-13(7-9-14)12-19-17(20)10-11-24(21,22)16-5-3-2-4-15(16)18/h2-9H,10-12H2,1H3,(H,19,20). The SMILES string of the molecule is COc1ccc(CNC(=O)CCS(=O)(=O)c2ccccc2Cl)cc1. The quantitative estimate of drug-likeness (QED) is 0.816. The van der Waals surface area contributed by atoms with E-state index in [1.807, 2.05) is 12.1 Å². The van der Waals surface area contributed by atoms with Crippen LogP contribution in [0.25, 0.3) is 0 Å². The highest BCUT2D eigenvalue weighted by molar-refractivity contribution is 7.91. The van der Waals surface area contributed by atoms with Crippen LogP contribution in [0.1, 0.15) is 12.0 Å². The minimum absolute atomic E-state index is 0.0506. The van der Waals surface area contributed by atoms with E-state index < -0.39 is 9.84 Å². The Balaban J connectivity index is 1.87. The Kier molecular flexibility index (Phi) is 6.23. The van der Waals surface area contributed by atoms with Gasteiger partial charge in [0, 0.05) is 13.0 Å². The summed E-state index contributed by atoms with van der Waals surface area (Å²) in [6, 6.07) is 13.5. The lowest BCUT2D eigenvalue weighted by Crippen LogP contribution is -2.25. The van der Waals surface area contributed by atoms with Gasteiger partial charge in [-0.1, -0.05) is 35.9 Å². The molecule has 0 bridgehead atoms. The maximum atomic E-state index is 12.2.